The van der Waals surface area contributed by atoms with Gasteiger partial charge in [-0.1, -0.05) is 19.3 Å². The number of hydrogen-bond acceptors (Lipinski definition) is 4. The maximum absolute atomic E-state index is 11.6. The van der Waals surface area contributed by atoms with E-state index in [1.807, 2.05) is 6.07 Å². The first-order valence-electron chi connectivity index (χ1n) is 7.29. The van der Waals surface area contributed by atoms with Crippen LogP contribution < -0.4 is 10.6 Å². The fourth-order valence-corrected chi connectivity index (χ4v) is 3.90. The van der Waals surface area contributed by atoms with Crippen LogP contribution in [0.1, 0.15) is 39.0 Å². The molecule has 0 spiro atoms. The van der Waals surface area contributed by atoms with Gasteiger partial charge in [-0.15, -0.1) is 0 Å². The summed E-state index contributed by atoms with van der Waals surface area (Å²) in [5, 5.41) is 0. The minimum absolute atomic E-state index is 0.223. The van der Waals surface area contributed by atoms with Crippen molar-refractivity contribution in [2.24, 2.45) is 0 Å². The van der Waals surface area contributed by atoms with Crippen LogP contribution in [0.25, 0.3) is 0 Å². The van der Waals surface area contributed by atoms with E-state index in [0.717, 1.165) is 12.2 Å². The summed E-state index contributed by atoms with van der Waals surface area (Å²) in [4.78, 5) is 2.57. The van der Waals surface area contributed by atoms with Gasteiger partial charge in [-0.25, -0.2) is 8.42 Å². The molecule has 0 heterocycles. The highest BCUT2D eigenvalue weighted by Gasteiger charge is 2.21. The van der Waals surface area contributed by atoms with Crippen LogP contribution in [0.15, 0.2) is 23.1 Å². The van der Waals surface area contributed by atoms with E-state index in [1.54, 1.807) is 12.1 Å². The molecule has 2 rings (SSSR count). The summed E-state index contributed by atoms with van der Waals surface area (Å²) < 4.78 is 23.2. The Morgan fingerprint density at radius 3 is 2.40 bits per heavy atom. The van der Waals surface area contributed by atoms with Crippen molar-refractivity contribution in [1.82, 2.24) is 0 Å². The summed E-state index contributed by atoms with van der Waals surface area (Å²) in [6.07, 6.45) is 7.49. The molecular weight excluding hydrogens is 272 g/mol. The zero-order valence-corrected chi connectivity index (χ0v) is 13.1. The van der Waals surface area contributed by atoms with Gasteiger partial charge in [0, 0.05) is 24.5 Å². The fourth-order valence-electron chi connectivity index (χ4n) is 3.10. The van der Waals surface area contributed by atoms with Crippen molar-refractivity contribution in [1.29, 1.82) is 0 Å². The minimum Gasteiger partial charge on any atom is -0.398 e. The van der Waals surface area contributed by atoms with Crippen molar-refractivity contribution < 1.29 is 8.42 Å². The van der Waals surface area contributed by atoms with E-state index < -0.39 is 9.84 Å². The lowest BCUT2D eigenvalue weighted by molar-refractivity contribution is 0.418. The molecule has 1 aromatic rings. The van der Waals surface area contributed by atoms with Gasteiger partial charge in [-0.3, -0.25) is 0 Å². The second-order valence-electron chi connectivity index (χ2n) is 5.57. The molecule has 112 valence electrons. The molecule has 0 radical (unpaired) electrons. The molecule has 0 unspecified atom stereocenters. The molecule has 0 bridgehead atoms. The molecule has 2 N–H and O–H groups in total. The number of rotatable bonds is 4. The number of anilines is 2. The number of sulfone groups is 1. The van der Waals surface area contributed by atoms with Gasteiger partial charge >= 0.3 is 0 Å². The summed E-state index contributed by atoms with van der Waals surface area (Å²) in [7, 11) is -3.25. The van der Waals surface area contributed by atoms with Crippen LogP contribution in [-0.2, 0) is 9.84 Å². The lowest BCUT2D eigenvalue weighted by Gasteiger charge is -2.35. The lowest BCUT2D eigenvalue weighted by Crippen LogP contribution is -2.36. The van der Waals surface area contributed by atoms with E-state index in [-0.39, 0.29) is 4.90 Å². The Morgan fingerprint density at radius 2 is 1.90 bits per heavy atom. The summed E-state index contributed by atoms with van der Waals surface area (Å²) in [5.41, 5.74) is 7.30. The van der Waals surface area contributed by atoms with Crippen molar-refractivity contribution >= 4 is 21.2 Å². The van der Waals surface area contributed by atoms with E-state index in [0.29, 0.717) is 11.7 Å². The van der Waals surface area contributed by atoms with Gasteiger partial charge in [0.2, 0.25) is 0 Å². The number of benzene rings is 1. The van der Waals surface area contributed by atoms with E-state index in [2.05, 4.69) is 11.8 Å². The Morgan fingerprint density at radius 1 is 1.25 bits per heavy atom. The van der Waals surface area contributed by atoms with Crippen LogP contribution in [0, 0.1) is 0 Å². The Balaban J connectivity index is 2.29. The predicted octanol–water partition coefficient (Wildman–Crippen LogP) is 2.83. The van der Waals surface area contributed by atoms with E-state index in [4.69, 9.17) is 5.73 Å². The van der Waals surface area contributed by atoms with E-state index >= 15 is 0 Å². The molecular formula is C15H24N2O2S. The average Bonchev–Trinajstić information content (AvgIpc) is 2.39. The Labute approximate surface area is 121 Å². The van der Waals surface area contributed by atoms with Crippen LogP contribution in [0.2, 0.25) is 0 Å². The first kappa shape index (κ1) is 15.2. The third-order valence-electron chi connectivity index (χ3n) is 4.08. The first-order chi connectivity index (χ1) is 9.43. The van der Waals surface area contributed by atoms with Gasteiger partial charge in [0.25, 0.3) is 0 Å². The SMILES string of the molecule is CCN(c1ccc(S(C)(=O)=O)c(N)c1)C1CCCCC1. The van der Waals surface area contributed by atoms with Gasteiger partial charge in [-0.2, -0.15) is 0 Å². The van der Waals surface area contributed by atoms with Gasteiger partial charge < -0.3 is 10.6 Å². The topological polar surface area (TPSA) is 63.4 Å². The highest BCUT2D eigenvalue weighted by Crippen LogP contribution is 2.30. The zero-order valence-electron chi connectivity index (χ0n) is 12.3. The maximum atomic E-state index is 11.6. The van der Waals surface area contributed by atoms with Crippen molar-refractivity contribution in [2.45, 2.75) is 50.0 Å². The maximum Gasteiger partial charge on any atom is 0.177 e. The van der Waals surface area contributed by atoms with Crippen molar-refractivity contribution in [3.05, 3.63) is 18.2 Å². The number of hydrogen-bond donors (Lipinski definition) is 1. The Bertz CT molecular complexity index is 563. The highest BCUT2D eigenvalue weighted by molar-refractivity contribution is 7.90. The second-order valence-corrected chi connectivity index (χ2v) is 7.56. The zero-order chi connectivity index (χ0) is 14.8. The van der Waals surface area contributed by atoms with Crippen LogP contribution in [0.5, 0.6) is 0 Å². The molecule has 0 amide bonds. The van der Waals surface area contributed by atoms with Crippen LogP contribution >= 0.6 is 0 Å². The van der Waals surface area contributed by atoms with Crippen molar-refractivity contribution in [3.8, 4) is 0 Å². The molecule has 5 heteroatoms. The number of nitrogen functional groups attached to an aromatic ring is 1. The molecule has 1 aliphatic rings. The normalized spacial score (nSPS) is 17.1. The number of nitrogens with zero attached hydrogens (tertiary/aromatic N) is 1. The molecule has 1 aliphatic carbocycles. The molecule has 1 fully saturated rings. The van der Waals surface area contributed by atoms with Gasteiger partial charge in [-0.05, 0) is 38.0 Å². The molecule has 0 aromatic heterocycles. The first-order valence-corrected chi connectivity index (χ1v) is 9.19. The smallest absolute Gasteiger partial charge is 0.177 e. The third kappa shape index (κ3) is 3.26. The number of nitrogens with two attached hydrogens (primary N) is 1. The summed E-state index contributed by atoms with van der Waals surface area (Å²) in [6, 6.07) is 5.86. The second kappa shape index (κ2) is 6.04. The monoisotopic (exact) mass is 296 g/mol. The van der Waals surface area contributed by atoms with Crippen LogP contribution in [0.4, 0.5) is 11.4 Å². The van der Waals surface area contributed by atoms with Gasteiger partial charge in [0.05, 0.1) is 10.6 Å². The molecule has 4 nitrogen and oxygen atoms in total. The molecule has 1 saturated carbocycles. The molecule has 0 atom stereocenters. The molecule has 1 aromatic carbocycles. The standard InChI is InChI=1S/C15H24N2O2S/c1-3-17(12-7-5-4-6-8-12)13-9-10-15(14(16)11-13)20(2,18)19/h9-12H,3-8,16H2,1-2H3. The Kier molecular flexibility index (Phi) is 4.58. The predicted molar refractivity (Wildman–Crippen MR) is 83.9 cm³/mol. The lowest BCUT2D eigenvalue weighted by atomic mass is 9.94. The average molecular weight is 296 g/mol. The molecule has 0 saturated heterocycles. The molecule has 20 heavy (non-hydrogen) atoms. The minimum atomic E-state index is -3.25. The van der Waals surface area contributed by atoms with E-state index in [9.17, 15) is 8.42 Å². The van der Waals surface area contributed by atoms with E-state index in [1.165, 1.54) is 38.4 Å². The summed E-state index contributed by atoms with van der Waals surface area (Å²) in [6.45, 7) is 3.05. The Hall–Kier alpha value is -1.23. The van der Waals surface area contributed by atoms with Crippen molar-refractivity contribution in [2.75, 3.05) is 23.4 Å². The summed E-state index contributed by atoms with van der Waals surface area (Å²) >= 11 is 0. The van der Waals surface area contributed by atoms with Crippen LogP contribution in [-0.4, -0.2) is 27.3 Å². The van der Waals surface area contributed by atoms with Gasteiger partial charge in [0.15, 0.2) is 9.84 Å². The fraction of sp³-hybridized carbons (Fsp3) is 0.600. The quantitative estimate of drug-likeness (QED) is 0.868. The third-order valence-corrected chi connectivity index (χ3v) is 5.25. The summed E-state index contributed by atoms with van der Waals surface area (Å²) in [5.74, 6) is 0. The van der Waals surface area contributed by atoms with Gasteiger partial charge in [0.1, 0.15) is 0 Å². The van der Waals surface area contributed by atoms with Crippen molar-refractivity contribution in [3.63, 3.8) is 0 Å². The molecule has 0 aliphatic heterocycles. The largest absolute Gasteiger partial charge is 0.398 e. The van der Waals surface area contributed by atoms with Crippen LogP contribution in [0.3, 0.4) is 0 Å². The highest BCUT2D eigenvalue weighted by atomic mass is 32.2.